The van der Waals surface area contributed by atoms with Crippen molar-refractivity contribution < 1.29 is 28.5 Å². The average molecular weight is 503 g/mol. The summed E-state index contributed by atoms with van der Waals surface area (Å²) in [6.07, 6.45) is 0. The van der Waals surface area contributed by atoms with Crippen LogP contribution in [0.2, 0.25) is 0 Å². The van der Waals surface area contributed by atoms with Gasteiger partial charge in [0.2, 0.25) is 0 Å². The summed E-state index contributed by atoms with van der Waals surface area (Å²) in [5.41, 5.74) is 5.88. The van der Waals surface area contributed by atoms with Gasteiger partial charge in [-0.25, -0.2) is 4.79 Å². The number of aromatic nitrogens is 2. The number of esters is 1. The molecule has 0 saturated heterocycles. The van der Waals surface area contributed by atoms with Crippen molar-refractivity contribution in [2.45, 2.75) is 13.5 Å². The highest BCUT2D eigenvalue weighted by Gasteiger charge is 2.21. The minimum absolute atomic E-state index is 0.385. The Morgan fingerprint density at radius 2 is 1.35 bits per heavy atom. The molecule has 0 amide bonds. The molecular weight excluding hydrogens is 472 g/mol. The van der Waals surface area contributed by atoms with Gasteiger partial charge >= 0.3 is 5.97 Å². The predicted molar refractivity (Wildman–Crippen MR) is 141 cm³/mol. The Bertz CT molecular complexity index is 1430. The summed E-state index contributed by atoms with van der Waals surface area (Å²) in [5, 5.41) is 5.01. The van der Waals surface area contributed by atoms with Crippen molar-refractivity contribution in [3.8, 4) is 45.5 Å². The van der Waals surface area contributed by atoms with Crippen LogP contribution in [0.1, 0.15) is 21.5 Å². The molecule has 4 rings (SSSR count). The summed E-state index contributed by atoms with van der Waals surface area (Å²) in [7, 11) is 7.80. The molecular formula is C29H30N2O6. The number of ether oxygens (including phenoxy) is 5. The Balaban J connectivity index is 1.88. The van der Waals surface area contributed by atoms with Crippen LogP contribution in [-0.4, -0.2) is 51.3 Å². The van der Waals surface area contributed by atoms with E-state index in [1.807, 2.05) is 66.2 Å². The van der Waals surface area contributed by atoms with E-state index < -0.39 is 0 Å². The molecule has 1 aromatic heterocycles. The number of methoxy groups -OCH3 is 5. The van der Waals surface area contributed by atoms with Gasteiger partial charge in [-0.2, -0.15) is 5.10 Å². The second kappa shape index (κ2) is 11.1. The maximum atomic E-state index is 12.1. The van der Waals surface area contributed by atoms with Crippen molar-refractivity contribution in [1.82, 2.24) is 9.78 Å². The molecule has 0 aliphatic heterocycles. The molecule has 3 aromatic carbocycles. The number of nitrogens with zero attached hydrogens (tertiary/aromatic N) is 2. The molecule has 0 aliphatic rings. The third-order valence-corrected chi connectivity index (χ3v) is 6.18. The smallest absolute Gasteiger partial charge is 0.337 e. The lowest BCUT2D eigenvalue weighted by Gasteiger charge is -2.13. The van der Waals surface area contributed by atoms with Crippen molar-refractivity contribution in [2.24, 2.45) is 0 Å². The van der Waals surface area contributed by atoms with Crippen molar-refractivity contribution in [3.05, 3.63) is 77.4 Å². The molecule has 0 spiro atoms. The monoisotopic (exact) mass is 502 g/mol. The van der Waals surface area contributed by atoms with Gasteiger partial charge in [0.1, 0.15) is 0 Å². The lowest BCUT2D eigenvalue weighted by molar-refractivity contribution is 0.0600. The van der Waals surface area contributed by atoms with Gasteiger partial charge < -0.3 is 23.7 Å². The number of rotatable bonds is 9. The minimum Gasteiger partial charge on any atom is -0.493 e. The van der Waals surface area contributed by atoms with Gasteiger partial charge in [-0.1, -0.05) is 12.1 Å². The van der Waals surface area contributed by atoms with E-state index in [1.165, 1.54) is 7.11 Å². The Morgan fingerprint density at radius 1 is 0.757 bits per heavy atom. The fourth-order valence-electron chi connectivity index (χ4n) is 4.36. The van der Waals surface area contributed by atoms with Crippen molar-refractivity contribution >= 4 is 5.97 Å². The third-order valence-electron chi connectivity index (χ3n) is 6.18. The van der Waals surface area contributed by atoms with Gasteiger partial charge in [-0.3, -0.25) is 4.68 Å². The highest BCUT2D eigenvalue weighted by atomic mass is 16.5. The second-order valence-electron chi connectivity index (χ2n) is 8.31. The number of hydrogen-bond donors (Lipinski definition) is 0. The lowest BCUT2D eigenvalue weighted by atomic mass is 10.0. The van der Waals surface area contributed by atoms with Crippen LogP contribution in [-0.2, 0) is 11.3 Å². The van der Waals surface area contributed by atoms with Crippen molar-refractivity contribution in [2.75, 3.05) is 35.5 Å². The first kappa shape index (κ1) is 25.6. The topological polar surface area (TPSA) is 81.0 Å². The van der Waals surface area contributed by atoms with E-state index in [4.69, 9.17) is 28.8 Å². The Kier molecular flexibility index (Phi) is 7.67. The Labute approximate surface area is 216 Å². The summed E-state index contributed by atoms with van der Waals surface area (Å²) in [6.45, 7) is 2.47. The molecule has 4 aromatic rings. The van der Waals surface area contributed by atoms with Crippen molar-refractivity contribution in [1.29, 1.82) is 0 Å². The fraction of sp³-hybridized carbons (Fsp3) is 0.241. The molecule has 8 nitrogen and oxygen atoms in total. The molecule has 8 heteroatoms. The van der Waals surface area contributed by atoms with E-state index in [2.05, 4.69) is 0 Å². The normalized spacial score (nSPS) is 10.6. The number of carbonyl (C=O) groups is 1. The van der Waals surface area contributed by atoms with Crippen LogP contribution in [0, 0.1) is 6.92 Å². The van der Waals surface area contributed by atoms with Gasteiger partial charge in [0.15, 0.2) is 23.0 Å². The molecule has 0 aliphatic carbocycles. The molecule has 1 heterocycles. The zero-order valence-corrected chi connectivity index (χ0v) is 21.8. The van der Waals surface area contributed by atoms with E-state index in [-0.39, 0.29) is 5.97 Å². The molecule has 37 heavy (non-hydrogen) atoms. The first-order valence-electron chi connectivity index (χ1n) is 11.6. The maximum Gasteiger partial charge on any atom is 0.337 e. The second-order valence-corrected chi connectivity index (χ2v) is 8.31. The van der Waals surface area contributed by atoms with Crippen LogP contribution >= 0.6 is 0 Å². The minimum atomic E-state index is -0.385. The van der Waals surface area contributed by atoms with Crippen LogP contribution in [0.5, 0.6) is 23.0 Å². The van der Waals surface area contributed by atoms with E-state index in [0.717, 1.165) is 33.6 Å². The number of carbonyl (C=O) groups excluding carboxylic acids is 1. The highest BCUT2D eigenvalue weighted by molar-refractivity contribution is 5.89. The molecule has 0 saturated carbocycles. The van der Waals surface area contributed by atoms with E-state index in [0.29, 0.717) is 35.1 Å². The van der Waals surface area contributed by atoms with Crippen LogP contribution in [0.15, 0.2) is 60.7 Å². The quantitative estimate of drug-likeness (QED) is 0.284. The standard InChI is InChI=1S/C29H30N2O6/c1-18-27(20-10-12-23(33-2)25(15-20)35-4)30-31(17-19-8-7-9-22(14-19)29(32)37-6)28(18)21-11-13-24(34-3)26(16-21)36-5/h7-16H,17H2,1-6H3. The van der Waals surface area contributed by atoms with Gasteiger partial charge in [-0.05, 0) is 61.0 Å². The predicted octanol–water partition coefficient (Wildman–Crippen LogP) is 5.39. The largest absolute Gasteiger partial charge is 0.493 e. The van der Waals surface area contributed by atoms with Gasteiger partial charge in [-0.15, -0.1) is 0 Å². The van der Waals surface area contributed by atoms with Crippen LogP contribution in [0.4, 0.5) is 0 Å². The van der Waals surface area contributed by atoms with Gasteiger partial charge in [0.25, 0.3) is 0 Å². The van der Waals surface area contributed by atoms with Crippen LogP contribution in [0.3, 0.4) is 0 Å². The Hall–Kier alpha value is -4.46. The first-order valence-corrected chi connectivity index (χ1v) is 11.6. The molecule has 0 radical (unpaired) electrons. The molecule has 0 fully saturated rings. The summed E-state index contributed by atoms with van der Waals surface area (Å²) in [4.78, 5) is 12.1. The van der Waals surface area contributed by atoms with Crippen molar-refractivity contribution in [3.63, 3.8) is 0 Å². The molecule has 192 valence electrons. The van der Waals surface area contributed by atoms with Crippen LogP contribution < -0.4 is 18.9 Å². The molecule has 0 bridgehead atoms. The number of hydrogen-bond acceptors (Lipinski definition) is 7. The molecule has 0 atom stereocenters. The summed E-state index contributed by atoms with van der Waals surface area (Å²) in [6, 6.07) is 18.9. The Morgan fingerprint density at radius 3 is 1.95 bits per heavy atom. The lowest BCUT2D eigenvalue weighted by Crippen LogP contribution is -2.07. The fourth-order valence-corrected chi connectivity index (χ4v) is 4.36. The average Bonchev–Trinajstić information content (AvgIpc) is 3.26. The SMILES string of the molecule is COC(=O)c1cccc(Cn2nc(-c3ccc(OC)c(OC)c3)c(C)c2-c2ccc(OC)c(OC)c2)c1. The zero-order chi connectivity index (χ0) is 26.5. The maximum absolute atomic E-state index is 12.1. The third kappa shape index (κ3) is 5.09. The molecule has 0 N–H and O–H groups in total. The number of benzene rings is 3. The summed E-state index contributed by atoms with van der Waals surface area (Å²) in [5.74, 6) is 2.13. The van der Waals surface area contributed by atoms with Crippen LogP contribution in [0.25, 0.3) is 22.5 Å². The summed E-state index contributed by atoms with van der Waals surface area (Å²) < 4.78 is 28.8. The zero-order valence-electron chi connectivity index (χ0n) is 21.8. The van der Waals surface area contributed by atoms with Gasteiger partial charge in [0, 0.05) is 16.7 Å². The van der Waals surface area contributed by atoms with E-state index >= 15 is 0 Å². The van der Waals surface area contributed by atoms with Gasteiger partial charge in [0.05, 0.1) is 59.0 Å². The first-order chi connectivity index (χ1) is 17.9. The molecule has 0 unspecified atom stereocenters. The summed E-state index contributed by atoms with van der Waals surface area (Å²) >= 11 is 0. The highest BCUT2D eigenvalue weighted by Crippen LogP contribution is 2.39. The van der Waals surface area contributed by atoms with E-state index in [9.17, 15) is 4.79 Å². The van der Waals surface area contributed by atoms with E-state index in [1.54, 1.807) is 34.5 Å².